The van der Waals surface area contributed by atoms with E-state index >= 15 is 0 Å². The molecular formula is C15H15F3N4O3. The minimum Gasteiger partial charge on any atom is -0.362 e. The van der Waals surface area contributed by atoms with Gasteiger partial charge in [0.2, 0.25) is 0 Å². The average molecular weight is 356 g/mol. The second-order valence-electron chi connectivity index (χ2n) is 5.72. The molecule has 0 saturated carbocycles. The SMILES string of the molecule is Cc1noc([C@H]2CN(C(=O)c3ncccc3C(F)(F)F)C[C@@H](C)O2)n1. The van der Waals surface area contributed by atoms with Crippen molar-refractivity contribution in [3.05, 3.63) is 41.3 Å². The van der Waals surface area contributed by atoms with Gasteiger partial charge in [-0.3, -0.25) is 9.78 Å². The molecule has 3 heterocycles. The summed E-state index contributed by atoms with van der Waals surface area (Å²) in [5.41, 5.74) is -1.70. The van der Waals surface area contributed by atoms with Gasteiger partial charge in [-0.15, -0.1) is 0 Å². The van der Waals surface area contributed by atoms with Crippen LogP contribution in [0, 0.1) is 6.92 Å². The van der Waals surface area contributed by atoms with E-state index in [1.807, 2.05) is 0 Å². The Morgan fingerprint density at radius 1 is 1.36 bits per heavy atom. The average Bonchev–Trinajstić information content (AvgIpc) is 2.99. The van der Waals surface area contributed by atoms with E-state index in [0.29, 0.717) is 5.82 Å². The quantitative estimate of drug-likeness (QED) is 0.822. The number of alkyl halides is 3. The zero-order chi connectivity index (χ0) is 18.2. The highest BCUT2D eigenvalue weighted by molar-refractivity contribution is 5.94. The van der Waals surface area contributed by atoms with E-state index < -0.39 is 35.5 Å². The molecule has 1 amide bonds. The normalized spacial score (nSPS) is 21.4. The highest BCUT2D eigenvalue weighted by Crippen LogP contribution is 2.32. The maximum absolute atomic E-state index is 13.1. The predicted molar refractivity (Wildman–Crippen MR) is 77.5 cm³/mol. The van der Waals surface area contributed by atoms with E-state index in [2.05, 4.69) is 15.1 Å². The molecule has 7 nitrogen and oxygen atoms in total. The van der Waals surface area contributed by atoms with E-state index in [4.69, 9.17) is 9.26 Å². The van der Waals surface area contributed by atoms with Crippen LogP contribution in [0.3, 0.4) is 0 Å². The van der Waals surface area contributed by atoms with Crippen LogP contribution in [-0.2, 0) is 10.9 Å². The van der Waals surface area contributed by atoms with Crippen LogP contribution >= 0.6 is 0 Å². The Morgan fingerprint density at radius 2 is 2.12 bits per heavy atom. The van der Waals surface area contributed by atoms with Crippen LogP contribution in [0.1, 0.15) is 40.8 Å². The van der Waals surface area contributed by atoms with Crippen molar-refractivity contribution < 1.29 is 27.2 Å². The molecule has 2 aromatic heterocycles. The van der Waals surface area contributed by atoms with Gasteiger partial charge < -0.3 is 14.2 Å². The van der Waals surface area contributed by atoms with Crippen molar-refractivity contribution in [1.82, 2.24) is 20.0 Å². The Balaban J connectivity index is 1.87. The lowest BCUT2D eigenvalue weighted by Gasteiger charge is -2.35. The van der Waals surface area contributed by atoms with Gasteiger partial charge >= 0.3 is 6.18 Å². The molecule has 1 saturated heterocycles. The molecule has 0 spiro atoms. The zero-order valence-corrected chi connectivity index (χ0v) is 13.4. The number of aryl methyl sites for hydroxylation is 1. The Bertz CT molecular complexity index is 777. The van der Waals surface area contributed by atoms with Crippen LogP contribution in [0.4, 0.5) is 13.2 Å². The van der Waals surface area contributed by atoms with Crippen molar-refractivity contribution in [2.75, 3.05) is 13.1 Å². The fourth-order valence-electron chi connectivity index (χ4n) is 2.65. The van der Waals surface area contributed by atoms with Crippen LogP contribution < -0.4 is 0 Å². The summed E-state index contributed by atoms with van der Waals surface area (Å²) >= 11 is 0. The fraction of sp³-hybridized carbons (Fsp3) is 0.467. The molecule has 10 heteroatoms. The van der Waals surface area contributed by atoms with E-state index in [-0.39, 0.29) is 19.0 Å². The Labute approximate surface area is 140 Å². The van der Waals surface area contributed by atoms with Crippen LogP contribution in [-0.4, -0.2) is 45.1 Å². The summed E-state index contributed by atoms with van der Waals surface area (Å²) in [6.45, 7) is 3.47. The summed E-state index contributed by atoms with van der Waals surface area (Å²) < 4.78 is 50.1. The Hall–Kier alpha value is -2.49. The molecule has 1 fully saturated rings. The maximum Gasteiger partial charge on any atom is 0.418 e. The number of carbonyl (C=O) groups excluding carboxylic acids is 1. The highest BCUT2D eigenvalue weighted by atomic mass is 19.4. The lowest BCUT2D eigenvalue weighted by Crippen LogP contribution is -2.46. The second kappa shape index (κ2) is 6.43. The van der Waals surface area contributed by atoms with E-state index in [0.717, 1.165) is 18.3 Å². The number of hydrogen-bond donors (Lipinski definition) is 0. The second-order valence-corrected chi connectivity index (χ2v) is 5.72. The predicted octanol–water partition coefficient (Wildman–Crippen LogP) is 2.39. The molecule has 25 heavy (non-hydrogen) atoms. The highest BCUT2D eigenvalue weighted by Gasteiger charge is 2.39. The van der Waals surface area contributed by atoms with Crippen LogP contribution in [0.2, 0.25) is 0 Å². The third-order valence-electron chi connectivity index (χ3n) is 3.68. The number of nitrogens with zero attached hydrogens (tertiary/aromatic N) is 4. The van der Waals surface area contributed by atoms with Crippen molar-refractivity contribution in [3.8, 4) is 0 Å². The van der Waals surface area contributed by atoms with Gasteiger partial charge in [0.1, 0.15) is 5.69 Å². The molecule has 3 rings (SSSR count). The number of morpholine rings is 1. The largest absolute Gasteiger partial charge is 0.418 e. The van der Waals surface area contributed by atoms with Crippen LogP contribution in [0.25, 0.3) is 0 Å². The molecule has 134 valence electrons. The smallest absolute Gasteiger partial charge is 0.362 e. The zero-order valence-electron chi connectivity index (χ0n) is 13.4. The number of carbonyl (C=O) groups is 1. The third kappa shape index (κ3) is 3.63. The number of hydrogen-bond acceptors (Lipinski definition) is 6. The molecule has 2 atom stereocenters. The lowest BCUT2D eigenvalue weighted by atomic mass is 10.1. The Morgan fingerprint density at radius 3 is 2.76 bits per heavy atom. The molecule has 2 aromatic rings. The van der Waals surface area contributed by atoms with Gasteiger partial charge in [-0.2, -0.15) is 18.2 Å². The summed E-state index contributed by atoms with van der Waals surface area (Å²) in [4.78, 5) is 21.6. The van der Waals surface area contributed by atoms with Crippen molar-refractivity contribution in [3.63, 3.8) is 0 Å². The number of aromatic nitrogens is 3. The van der Waals surface area contributed by atoms with Gasteiger partial charge in [0.25, 0.3) is 11.8 Å². The molecule has 0 N–H and O–H groups in total. The topological polar surface area (TPSA) is 81.4 Å². The summed E-state index contributed by atoms with van der Waals surface area (Å²) in [6.07, 6.45) is -4.62. The van der Waals surface area contributed by atoms with Crippen molar-refractivity contribution in [2.45, 2.75) is 32.2 Å². The number of pyridine rings is 1. The van der Waals surface area contributed by atoms with Gasteiger partial charge in [-0.05, 0) is 26.0 Å². The molecule has 0 aliphatic carbocycles. The number of ether oxygens (including phenoxy) is 1. The first-order valence-corrected chi connectivity index (χ1v) is 7.53. The minimum atomic E-state index is -4.67. The molecule has 1 aliphatic heterocycles. The first-order chi connectivity index (χ1) is 11.8. The fourth-order valence-corrected chi connectivity index (χ4v) is 2.65. The standard InChI is InChI=1S/C15H15F3N4O3/c1-8-6-22(7-11(24-8)13-20-9(2)21-25-13)14(23)12-10(15(16,17)18)4-3-5-19-12/h3-5,8,11H,6-7H2,1-2H3/t8-,11-/m1/s1. The summed E-state index contributed by atoms with van der Waals surface area (Å²) in [6, 6.07) is 1.98. The Kier molecular flexibility index (Phi) is 4.46. The lowest BCUT2D eigenvalue weighted by molar-refractivity contribution is -0.138. The van der Waals surface area contributed by atoms with Crippen molar-refractivity contribution in [1.29, 1.82) is 0 Å². The summed E-state index contributed by atoms with van der Waals surface area (Å²) in [5.74, 6) is -0.234. The van der Waals surface area contributed by atoms with Crippen LogP contribution in [0.15, 0.2) is 22.9 Å². The van der Waals surface area contributed by atoms with Gasteiger partial charge in [0.15, 0.2) is 11.9 Å². The molecular weight excluding hydrogens is 341 g/mol. The molecule has 0 bridgehead atoms. The molecule has 0 unspecified atom stereocenters. The molecule has 0 aromatic carbocycles. The minimum absolute atomic E-state index is 0.00131. The first-order valence-electron chi connectivity index (χ1n) is 7.53. The van der Waals surface area contributed by atoms with Crippen LogP contribution in [0.5, 0.6) is 0 Å². The number of amides is 1. The third-order valence-corrected chi connectivity index (χ3v) is 3.68. The molecule has 0 radical (unpaired) electrons. The maximum atomic E-state index is 13.1. The summed E-state index contributed by atoms with van der Waals surface area (Å²) in [7, 11) is 0. The first kappa shape index (κ1) is 17.3. The number of rotatable bonds is 2. The summed E-state index contributed by atoms with van der Waals surface area (Å²) in [5, 5.41) is 3.66. The van der Waals surface area contributed by atoms with E-state index in [9.17, 15) is 18.0 Å². The van der Waals surface area contributed by atoms with E-state index in [1.165, 1.54) is 4.90 Å². The van der Waals surface area contributed by atoms with Gasteiger partial charge in [0.05, 0.1) is 18.2 Å². The molecule has 1 aliphatic rings. The van der Waals surface area contributed by atoms with Gasteiger partial charge in [-0.1, -0.05) is 5.16 Å². The monoisotopic (exact) mass is 356 g/mol. The van der Waals surface area contributed by atoms with Crippen molar-refractivity contribution in [2.24, 2.45) is 0 Å². The van der Waals surface area contributed by atoms with Gasteiger partial charge in [-0.25, -0.2) is 0 Å². The number of halogens is 3. The van der Waals surface area contributed by atoms with Crippen molar-refractivity contribution >= 4 is 5.91 Å². The van der Waals surface area contributed by atoms with E-state index in [1.54, 1.807) is 13.8 Å². The van der Waals surface area contributed by atoms with Gasteiger partial charge in [0, 0.05) is 12.7 Å².